The number of nitrogens with one attached hydrogen (secondary N) is 1. The SMILES string of the molecule is COc1ccc(S(=O)(=O)NCCn2cnc(-c3ccccc3)cc2=O)cc1C. The summed E-state index contributed by atoms with van der Waals surface area (Å²) < 4.78 is 33.9. The third kappa shape index (κ3) is 4.47. The highest BCUT2D eigenvalue weighted by Gasteiger charge is 2.15. The molecule has 0 unspecified atom stereocenters. The average molecular weight is 399 g/mol. The first-order valence-corrected chi connectivity index (χ1v) is 10.2. The summed E-state index contributed by atoms with van der Waals surface area (Å²) >= 11 is 0. The number of rotatable bonds is 7. The number of aryl methyl sites for hydroxylation is 1. The van der Waals surface area contributed by atoms with Crippen molar-refractivity contribution >= 4 is 10.0 Å². The topological polar surface area (TPSA) is 90.3 Å². The zero-order valence-corrected chi connectivity index (χ0v) is 16.4. The van der Waals surface area contributed by atoms with Crippen LogP contribution in [-0.2, 0) is 16.6 Å². The fourth-order valence-corrected chi connectivity index (χ4v) is 3.87. The van der Waals surface area contributed by atoms with Crippen molar-refractivity contribution < 1.29 is 13.2 Å². The van der Waals surface area contributed by atoms with E-state index >= 15 is 0 Å². The quantitative estimate of drug-likeness (QED) is 0.658. The van der Waals surface area contributed by atoms with E-state index in [1.807, 2.05) is 30.3 Å². The summed E-state index contributed by atoms with van der Waals surface area (Å²) in [6.45, 7) is 2.02. The number of ether oxygens (including phenoxy) is 1. The minimum Gasteiger partial charge on any atom is -0.496 e. The van der Waals surface area contributed by atoms with Gasteiger partial charge in [-0.1, -0.05) is 30.3 Å². The van der Waals surface area contributed by atoms with Gasteiger partial charge in [-0.2, -0.15) is 0 Å². The van der Waals surface area contributed by atoms with E-state index in [1.165, 1.54) is 30.1 Å². The molecule has 146 valence electrons. The number of aromatic nitrogens is 2. The van der Waals surface area contributed by atoms with Gasteiger partial charge < -0.3 is 4.74 Å². The van der Waals surface area contributed by atoms with Crippen LogP contribution in [0.4, 0.5) is 0 Å². The van der Waals surface area contributed by atoms with Crippen LogP contribution in [0.25, 0.3) is 11.3 Å². The molecule has 8 heteroatoms. The molecule has 0 fully saturated rings. The number of hydrogen-bond acceptors (Lipinski definition) is 5. The molecule has 0 aliphatic carbocycles. The van der Waals surface area contributed by atoms with Gasteiger partial charge in [0.2, 0.25) is 10.0 Å². The summed E-state index contributed by atoms with van der Waals surface area (Å²) in [6.07, 6.45) is 1.43. The lowest BCUT2D eigenvalue weighted by molar-refractivity contribution is 0.411. The largest absolute Gasteiger partial charge is 0.496 e. The number of sulfonamides is 1. The highest BCUT2D eigenvalue weighted by Crippen LogP contribution is 2.21. The number of nitrogens with zero attached hydrogens (tertiary/aromatic N) is 2. The van der Waals surface area contributed by atoms with Gasteiger partial charge >= 0.3 is 0 Å². The molecule has 1 aromatic heterocycles. The highest BCUT2D eigenvalue weighted by molar-refractivity contribution is 7.89. The first kappa shape index (κ1) is 19.8. The zero-order chi connectivity index (χ0) is 20.1. The van der Waals surface area contributed by atoms with Gasteiger partial charge in [0.25, 0.3) is 5.56 Å². The maximum Gasteiger partial charge on any atom is 0.253 e. The molecular weight excluding hydrogens is 378 g/mol. The summed E-state index contributed by atoms with van der Waals surface area (Å²) in [6, 6.07) is 15.5. The first-order chi connectivity index (χ1) is 13.4. The molecule has 3 aromatic rings. The monoisotopic (exact) mass is 399 g/mol. The van der Waals surface area contributed by atoms with E-state index in [0.717, 1.165) is 11.1 Å². The molecule has 0 saturated carbocycles. The van der Waals surface area contributed by atoms with Crippen LogP contribution < -0.4 is 15.0 Å². The summed E-state index contributed by atoms with van der Waals surface area (Å²) in [4.78, 5) is 16.7. The normalized spacial score (nSPS) is 11.4. The van der Waals surface area contributed by atoms with Crippen molar-refractivity contribution in [1.82, 2.24) is 14.3 Å². The minimum atomic E-state index is -3.68. The average Bonchev–Trinajstić information content (AvgIpc) is 2.69. The molecule has 0 radical (unpaired) electrons. The molecule has 0 bridgehead atoms. The molecule has 0 amide bonds. The lowest BCUT2D eigenvalue weighted by atomic mass is 10.1. The Morgan fingerprint density at radius 2 is 1.86 bits per heavy atom. The molecular formula is C20H21N3O4S. The van der Waals surface area contributed by atoms with E-state index < -0.39 is 10.0 Å². The molecule has 1 N–H and O–H groups in total. The summed E-state index contributed by atoms with van der Waals surface area (Å²) in [5, 5.41) is 0. The molecule has 0 saturated heterocycles. The van der Waals surface area contributed by atoms with Gasteiger partial charge in [0.1, 0.15) is 5.75 Å². The van der Waals surface area contributed by atoms with Crippen molar-refractivity contribution in [1.29, 1.82) is 0 Å². The Morgan fingerprint density at radius 1 is 1.11 bits per heavy atom. The lowest BCUT2D eigenvalue weighted by Gasteiger charge is -2.11. The van der Waals surface area contributed by atoms with E-state index in [4.69, 9.17) is 4.74 Å². The van der Waals surface area contributed by atoms with Gasteiger partial charge in [0.05, 0.1) is 24.0 Å². The molecule has 0 aliphatic heterocycles. The Morgan fingerprint density at radius 3 is 2.50 bits per heavy atom. The third-order valence-electron chi connectivity index (χ3n) is 4.27. The van der Waals surface area contributed by atoms with Crippen LogP contribution in [0.15, 0.2) is 70.6 Å². The molecule has 3 rings (SSSR count). The Balaban J connectivity index is 1.67. The fourth-order valence-electron chi connectivity index (χ4n) is 2.76. The Bertz CT molecular complexity index is 1130. The predicted molar refractivity (Wildman–Crippen MR) is 107 cm³/mol. The van der Waals surface area contributed by atoms with Crippen LogP contribution in [-0.4, -0.2) is 31.6 Å². The molecule has 0 aliphatic rings. The van der Waals surface area contributed by atoms with E-state index in [2.05, 4.69) is 9.71 Å². The predicted octanol–water partition coefficient (Wildman–Crippen LogP) is 2.21. The minimum absolute atomic E-state index is 0.0691. The Hall–Kier alpha value is -2.97. The molecule has 0 spiro atoms. The Labute approximate surface area is 163 Å². The Kier molecular flexibility index (Phi) is 5.91. The maximum atomic E-state index is 12.4. The molecule has 7 nitrogen and oxygen atoms in total. The first-order valence-electron chi connectivity index (χ1n) is 8.67. The van der Waals surface area contributed by atoms with E-state index in [1.54, 1.807) is 19.1 Å². The lowest BCUT2D eigenvalue weighted by Crippen LogP contribution is -2.31. The standard InChI is InChI=1S/C20H21N3O4S/c1-15-12-17(8-9-19(15)27-2)28(25,26)22-10-11-23-14-21-18(13-20(23)24)16-6-4-3-5-7-16/h3-9,12-14,22H,10-11H2,1-2H3. The second-order valence-corrected chi connectivity index (χ2v) is 7.97. The van der Waals surface area contributed by atoms with Crippen LogP contribution in [0, 0.1) is 6.92 Å². The van der Waals surface area contributed by atoms with Crippen LogP contribution in [0.5, 0.6) is 5.75 Å². The second-order valence-electron chi connectivity index (χ2n) is 6.20. The second kappa shape index (κ2) is 8.37. The van der Waals surface area contributed by atoms with Crippen LogP contribution in [0.2, 0.25) is 0 Å². The van der Waals surface area contributed by atoms with Crippen molar-refractivity contribution in [3.8, 4) is 17.0 Å². The molecule has 28 heavy (non-hydrogen) atoms. The van der Waals surface area contributed by atoms with Gasteiger partial charge in [0.15, 0.2) is 0 Å². The highest BCUT2D eigenvalue weighted by atomic mass is 32.2. The van der Waals surface area contributed by atoms with E-state index in [-0.39, 0.29) is 23.5 Å². The third-order valence-corrected chi connectivity index (χ3v) is 5.73. The molecule has 1 heterocycles. The van der Waals surface area contributed by atoms with Gasteiger partial charge in [0, 0.05) is 24.7 Å². The van der Waals surface area contributed by atoms with Crippen molar-refractivity contribution in [2.45, 2.75) is 18.4 Å². The van der Waals surface area contributed by atoms with Crippen molar-refractivity contribution in [3.63, 3.8) is 0 Å². The number of hydrogen-bond donors (Lipinski definition) is 1. The van der Waals surface area contributed by atoms with Gasteiger partial charge in [-0.25, -0.2) is 18.1 Å². The van der Waals surface area contributed by atoms with Crippen molar-refractivity contribution in [2.24, 2.45) is 0 Å². The number of benzene rings is 2. The maximum absolute atomic E-state index is 12.4. The number of methoxy groups -OCH3 is 1. The van der Waals surface area contributed by atoms with E-state index in [0.29, 0.717) is 11.4 Å². The summed E-state index contributed by atoms with van der Waals surface area (Å²) in [5.74, 6) is 0.620. The van der Waals surface area contributed by atoms with Crippen LogP contribution in [0.1, 0.15) is 5.56 Å². The van der Waals surface area contributed by atoms with Crippen LogP contribution in [0.3, 0.4) is 0 Å². The van der Waals surface area contributed by atoms with Crippen molar-refractivity contribution in [2.75, 3.05) is 13.7 Å². The zero-order valence-electron chi connectivity index (χ0n) is 15.6. The molecule has 0 atom stereocenters. The fraction of sp³-hybridized carbons (Fsp3) is 0.200. The van der Waals surface area contributed by atoms with Crippen LogP contribution >= 0.6 is 0 Å². The van der Waals surface area contributed by atoms with Gasteiger partial charge in [-0.05, 0) is 30.7 Å². The van der Waals surface area contributed by atoms with Crippen molar-refractivity contribution in [3.05, 3.63) is 76.8 Å². The summed E-state index contributed by atoms with van der Waals surface area (Å²) in [5.41, 5.74) is 1.91. The van der Waals surface area contributed by atoms with E-state index in [9.17, 15) is 13.2 Å². The van der Waals surface area contributed by atoms with Gasteiger partial charge in [-0.3, -0.25) is 9.36 Å². The van der Waals surface area contributed by atoms with Gasteiger partial charge in [-0.15, -0.1) is 0 Å². The smallest absolute Gasteiger partial charge is 0.253 e. The summed E-state index contributed by atoms with van der Waals surface area (Å²) in [7, 11) is -2.15. The molecule has 2 aromatic carbocycles.